The van der Waals surface area contributed by atoms with Gasteiger partial charge in [-0.2, -0.15) is 0 Å². The minimum Gasteiger partial charge on any atom is -0.399 e. The van der Waals surface area contributed by atoms with Gasteiger partial charge in [0.15, 0.2) is 0 Å². The summed E-state index contributed by atoms with van der Waals surface area (Å²) in [4.78, 5) is 2.37. The summed E-state index contributed by atoms with van der Waals surface area (Å²) in [6.07, 6.45) is 3.69. The van der Waals surface area contributed by atoms with Crippen molar-refractivity contribution >= 4 is 12.6 Å². The average molecular weight is 333 g/mol. The maximum Gasteiger partial charge on any atom is 0.494 e. The van der Waals surface area contributed by atoms with E-state index < -0.39 is 18.3 Å². The molecular formula is C19H29BFNO2. The molecule has 2 saturated heterocycles. The van der Waals surface area contributed by atoms with Gasteiger partial charge in [-0.3, -0.25) is 4.90 Å². The van der Waals surface area contributed by atoms with Crippen LogP contribution in [-0.2, 0) is 15.9 Å². The van der Waals surface area contributed by atoms with Crippen molar-refractivity contribution in [2.24, 2.45) is 0 Å². The van der Waals surface area contributed by atoms with Gasteiger partial charge in [0.25, 0.3) is 0 Å². The standard InChI is InChI=1S/C19H29BFNO2/c1-14-8-6-7-11-22(14)13-15-9-10-16(12-17(15)21)20-23-18(2,3)19(4,5)24-20/h9-10,12,14H,6-8,11,13H2,1-5H3. The molecule has 0 aliphatic carbocycles. The topological polar surface area (TPSA) is 21.7 Å². The van der Waals surface area contributed by atoms with Crippen LogP contribution in [0.25, 0.3) is 0 Å². The largest absolute Gasteiger partial charge is 0.494 e. The zero-order valence-electron chi connectivity index (χ0n) is 15.6. The molecule has 1 aromatic rings. The highest BCUT2D eigenvalue weighted by molar-refractivity contribution is 6.62. The number of piperidine rings is 1. The number of hydrogen-bond acceptors (Lipinski definition) is 3. The van der Waals surface area contributed by atoms with Crippen molar-refractivity contribution in [1.29, 1.82) is 0 Å². The summed E-state index contributed by atoms with van der Waals surface area (Å²) in [6, 6.07) is 5.93. The lowest BCUT2D eigenvalue weighted by atomic mass is 9.78. The van der Waals surface area contributed by atoms with Crippen LogP contribution in [0.5, 0.6) is 0 Å². The summed E-state index contributed by atoms with van der Waals surface area (Å²) in [7, 11) is -0.507. The quantitative estimate of drug-likeness (QED) is 0.791. The number of hydrogen-bond donors (Lipinski definition) is 0. The van der Waals surface area contributed by atoms with Gasteiger partial charge in [-0.25, -0.2) is 4.39 Å². The third kappa shape index (κ3) is 3.39. The molecule has 5 heteroatoms. The van der Waals surface area contributed by atoms with Gasteiger partial charge in [0.1, 0.15) is 5.82 Å². The Morgan fingerprint density at radius 1 is 1.17 bits per heavy atom. The van der Waals surface area contributed by atoms with E-state index in [1.165, 1.54) is 19.3 Å². The molecule has 0 spiro atoms. The molecule has 2 aliphatic rings. The fraction of sp³-hybridized carbons (Fsp3) is 0.684. The molecule has 132 valence electrons. The van der Waals surface area contributed by atoms with Gasteiger partial charge in [0, 0.05) is 18.2 Å². The van der Waals surface area contributed by atoms with E-state index >= 15 is 0 Å². The highest BCUT2D eigenvalue weighted by Crippen LogP contribution is 2.36. The SMILES string of the molecule is CC1CCCCN1Cc1ccc(B2OC(C)(C)C(C)(C)O2)cc1F. The predicted molar refractivity (Wildman–Crippen MR) is 95.8 cm³/mol. The average Bonchev–Trinajstić information content (AvgIpc) is 2.72. The molecule has 2 fully saturated rings. The van der Waals surface area contributed by atoms with E-state index in [0.29, 0.717) is 12.6 Å². The van der Waals surface area contributed by atoms with Crippen LogP contribution in [0, 0.1) is 5.82 Å². The third-order valence-electron chi connectivity index (χ3n) is 5.92. The first-order valence-corrected chi connectivity index (χ1v) is 9.08. The molecule has 0 N–H and O–H groups in total. The van der Waals surface area contributed by atoms with Gasteiger partial charge < -0.3 is 9.31 Å². The fourth-order valence-electron chi connectivity index (χ4n) is 3.43. The third-order valence-corrected chi connectivity index (χ3v) is 5.92. The number of rotatable bonds is 3. The second-order valence-electron chi connectivity index (χ2n) is 8.25. The highest BCUT2D eigenvalue weighted by atomic mass is 19.1. The molecule has 1 unspecified atom stereocenters. The first kappa shape index (κ1) is 17.9. The fourth-order valence-corrected chi connectivity index (χ4v) is 3.43. The van der Waals surface area contributed by atoms with Gasteiger partial charge in [-0.1, -0.05) is 18.6 Å². The minimum atomic E-state index is -0.507. The number of halogens is 1. The molecular weight excluding hydrogens is 304 g/mol. The van der Waals surface area contributed by atoms with Crippen molar-refractivity contribution in [2.45, 2.75) is 77.7 Å². The number of benzene rings is 1. The van der Waals surface area contributed by atoms with Crippen molar-refractivity contribution in [1.82, 2.24) is 4.90 Å². The molecule has 3 nitrogen and oxygen atoms in total. The second-order valence-corrected chi connectivity index (χ2v) is 8.25. The highest BCUT2D eigenvalue weighted by Gasteiger charge is 2.51. The molecule has 24 heavy (non-hydrogen) atoms. The van der Waals surface area contributed by atoms with Crippen LogP contribution in [0.4, 0.5) is 4.39 Å². The molecule has 1 atom stereocenters. The molecule has 1 aromatic carbocycles. The second kappa shape index (κ2) is 6.43. The summed E-state index contributed by atoms with van der Waals surface area (Å²) in [5.74, 6) is -0.167. The Hall–Kier alpha value is -0.905. The molecule has 0 saturated carbocycles. The predicted octanol–water partition coefficient (Wildman–Crippen LogP) is 3.50. The van der Waals surface area contributed by atoms with Crippen LogP contribution in [0.1, 0.15) is 59.4 Å². The van der Waals surface area contributed by atoms with Crippen LogP contribution in [0.3, 0.4) is 0 Å². The van der Waals surface area contributed by atoms with E-state index in [1.807, 2.05) is 39.8 Å². The van der Waals surface area contributed by atoms with Crippen LogP contribution >= 0.6 is 0 Å². The Kier molecular flexibility index (Phi) is 4.80. The summed E-state index contributed by atoms with van der Waals surface area (Å²) in [6.45, 7) is 12.0. The maximum atomic E-state index is 14.6. The first-order chi connectivity index (χ1) is 11.2. The monoisotopic (exact) mass is 333 g/mol. The normalized spacial score (nSPS) is 26.8. The van der Waals surface area contributed by atoms with Crippen molar-refractivity contribution in [3.8, 4) is 0 Å². The lowest BCUT2D eigenvalue weighted by Gasteiger charge is -2.33. The van der Waals surface area contributed by atoms with Crippen LogP contribution in [0.15, 0.2) is 18.2 Å². The molecule has 0 radical (unpaired) electrons. The van der Waals surface area contributed by atoms with Gasteiger partial charge >= 0.3 is 7.12 Å². The smallest absolute Gasteiger partial charge is 0.399 e. The minimum absolute atomic E-state index is 0.167. The zero-order valence-corrected chi connectivity index (χ0v) is 15.6. The summed E-state index contributed by atoms with van der Waals surface area (Å²) < 4.78 is 26.7. The van der Waals surface area contributed by atoms with Crippen molar-refractivity contribution in [3.05, 3.63) is 29.6 Å². The van der Waals surface area contributed by atoms with E-state index in [-0.39, 0.29) is 5.82 Å². The summed E-state index contributed by atoms with van der Waals surface area (Å²) >= 11 is 0. The summed E-state index contributed by atoms with van der Waals surface area (Å²) in [5.41, 5.74) is 0.692. The Balaban J connectivity index is 1.74. The molecule has 2 aliphatic heterocycles. The Bertz CT molecular complexity index is 589. The van der Waals surface area contributed by atoms with Gasteiger partial charge in [-0.05, 0) is 65.5 Å². The first-order valence-electron chi connectivity index (χ1n) is 9.08. The zero-order chi connectivity index (χ0) is 17.5. The van der Waals surface area contributed by atoms with Crippen molar-refractivity contribution in [2.75, 3.05) is 6.54 Å². The Labute approximate surface area is 145 Å². The maximum absolute atomic E-state index is 14.6. The Morgan fingerprint density at radius 3 is 2.42 bits per heavy atom. The van der Waals surface area contributed by atoms with Gasteiger partial charge in [0.05, 0.1) is 11.2 Å². The van der Waals surface area contributed by atoms with Crippen LogP contribution in [-0.4, -0.2) is 35.8 Å². The van der Waals surface area contributed by atoms with E-state index in [4.69, 9.17) is 9.31 Å². The molecule has 2 heterocycles. The van der Waals surface area contributed by atoms with Crippen LogP contribution < -0.4 is 5.46 Å². The van der Waals surface area contributed by atoms with Crippen LogP contribution in [0.2, 0.25) is 0 Å². The van der Waals surface area contributed by atoms with E-state index in [1.54, 1.807) is 6.07 Å². The van der Waals surface area contributed by atoms with E-state index in [0.717, 1.165) is 17.6 Å². The molecule has 0 aromatic heterocycles. The van der Waals surface area contributed by atoms with E-state index in [2.05, 4.69) is 11.8 Å². The van der Waals surface area contributed by atoms with Gasteiger partial charge in [0.2, 0.25) is 0 Å². The number of likely N-dealkylation sites (tertiary alicyclic amines) is 1. The molecule has 3 rings (SSSR count). The van der Waals surface area contributed by atoms with Gasteiger partial charge in [-0.15, -0.1) is 0 Å². The molecule has 0 bridgehead atoms. The number of nitrogens with zero attached hydrogens (tertiary/aromatic N) is 1. The van der Waals surface area contributed by atoms with E-state index in [9.17, 15) is 4.39 Å². The Morgan fingerprint density at radius 2 is 1.83 bits per heavy atom. The summed E-state index contributed by atoms with van der Waals surface area (Å²) in [5, 5.41) is 0. The lowest BCUT2D eigenvalue weighted by Crippen LogP contribution is -2.41. The van der Waals surface area contributed by atoms with Crippen molar-refractivity contribution < 1.29 is 13.7 Å². The van der Waals surface area contributed by atoms with Crippen molar-refractivity contribution in [3.63, 3.8) is 0 Å². The molecule has 0 amide bonds. The lowest BCUT2D eigenvalue weighted by molar-refractivity contribution is 0.00578.